The number of nitrogens with one attached hydrogen (secondary N) is 1. The summed E-state index contributed by atoms with van der Waals surface area (Å²) in [6, 6.07) is 12.9. The van der Waals surface area contributed by atoms with Gasteiger partial charge in [0.05, 0.1) is 22.5 Å². The maximum Gasteiger partial charge on any atom is 0.418 e. The molecule has 0 aliphatic carbocycles. The van der Waals surface area contributed by atoms with Crippen molar-refractivity contribution in [2.24, 2.45) is 0 Å². The van der Waals surface area contributed by atoms with Crippen molar-refractivity contribution in [1.82, 2.24) is 4.57 Å². The van der Waals surface area contributed by atoms with Crippen molar-refractivity contribution in [3.05, 3.63) is 106 Å². The highest BCUT2D eigenvalue weighted by atomic mass is 19.4. The summed E-state index contributed by atoms with van der Waals surface area (Å²) in [5, 5.41) is 2.42. The van der Waals surface area contributed by atoms with Crippen LogP contribution in [0, 0.1) is 11.6 Å². The van der Waals surface area contributed by atoms with Crippen LogP contribution in [0.15, 0.2) is 77.7 Å². The molecule has 4 aromatic rings. The van der Waals surface area contributed by atoms with Gasteiger partial charge in [0, 0.05) is 23.0 Å². The number of halogens is 5. The lowest BCUT2D eigenvalue weighted by Crippen LogP contribution is -2.24. The summed E-state index contributed by atoms with van der Waals surface area (Å²) >= 11 is 0. The van der Waals surface area contributed by atoms with Crippen molar-refractivity contribution in [2.45, 2.75) is 6.18 Å². The van der Waals surface area contributed by atoms with Crippen molar-refractivity contribution >= 4 is 22.4 Å². The van der Waals surface area contributed by atoms with E-state index in [1.54, 1.807) is 6.07 Å². The molecule has 0 radical (unpaired) electrons. The Balaban J connectivity index is 1.89. The number of fused-ring (bicyclic) bond motifs is 1. The average molecular weight is 444 g/mol. The highest BCUT2D eigenvalue weighted by Crippen LogP contribution is 2.35. The molecule has 1 N–H and O–H groups in total. The maximum atomic E-state index is 14.4. The van der Waals surface area contributed by atoms with Crippen LogP contribution in [0.2, 0.25) is 0 Å². The first-order valence-corrected chi connectivity index (χ1v) is 9.24. The molecule has 4 rings (SSSR count). The number of nitrogens with zero attached hydrogens (tertiary/aromatic N) is 1. The molecule has 162 valence electrons. The lowest BCUT2D eigenvalue weighted by Gasteiger charge is -2.16. The van der Waals surface area contributed by atoms with Crippen LogP contribution in [0.25, 0.3) is 16.5 Å². The van der Waals surface area contributed by atoms with Gasteiger partial charge in [-0.05, 0) is 30.3 Å². The molecule has 0 atom stereocenters. The normalized spacial score (nSPS) is 11.5. The molecule has 0 unspecified atom stereocenters. The minimum absolute atomic E-state index is 0.0352. The van der Waals surface area contributed by atoms with Crippen molar-refractivity contribution in [2.75, 3.05) is 5.32 Å². The maximum absolute atomic E-state index is 14.4. The molecule has 9 heteroatoms. The van der Waals surface area contributed by atoms with Gasteiger partial charge in [-0.3, -0.25) is 14.2 Å². The Hall–Kier alpha value is -4.01. The van der Waals surface area contributed by atoms with E-state index in [1.807, 2.05) is 0 Å². The van der Waals surface area contributed by atoms with Crippen LogP contribution in [-0.4, -0.2) is 10.5 Å². The number of para-hydroxylation sites is 1. The average Bonchev–Trinajstić information content (AvgIpc) is 2.74. The van der Waals surface area contributed by atoms with E-state index < -0.39 is 40.5 Å². The predicted octanol–water partition coefficient (Wildman–Crippen LogP) is 5.54. The van der Waals surface area contributed by atoms with Gasteiger partial charge >= 0.3 is 6.18 Å². The van der Waals surface area contributed by atoms with Crippen LogP contribution in [-0.2, 0) is 6.18 Å². The molecule has 0 spiro atoms. The van der Waals surface area contributed by atoms with Gasteiger partial charge in [0.15, 0.2) is 0 Å². The zero-order chi connectivity index (χ0) is 23.0. The van der Waals surface area contributed by atoms with Crippen LogP contribution in [0.1, 0.15) is 15.9 Å². The summed E-state index contributed by atoms with van der Waals surface area (Å²) in [5.74, 6) is -2.84. The zero-order valence-corrected chi connectivity index (χ0v) is 16.1. The number of carbonyl (C=O) groups is 1. The van der Waals surface area contributed by atoms with E-state index in [4.69, 9.17) is 0 Å². The molecule has 0 aliphatic rings. The van der Waals surface area contributed by atoms with E-state index in [0.717, 1.165) is 35.0 Å². The molecule has 4 nitrogen and oxygen atoms in total. The fourth-order valence-electron chi connectivity index (χ4n) is 3.36. The third kappa shape index (κ3) is 3.84. The van der Waals surface area contributed by atoms with Crippen LogP contribution in [0.3, 0.4) is 0 Å². The number of pyridine rings is 1. The van der Waals surface area contributed by atoms with Crippen molar-refractivity contribution in [1.29, 1.82) is 0 Å². The van der Waals surface area contributed by atoms with Gasteiger partial charge in [0.25, 0.3) is 11.5 Å². The fraction of sp³-hybridized carbons (Fsp3) is 0.0435. The van der Waals surface area contributed by atoms with Gasteiger partial charge in [0.1, 0.15) is 11.6 Å². The predicted molar refractivity (Wildman–Crippen MR) is 109 cm³/mol. The first kappa shape index (κ1) is 21.2. The van der Waals surface area contributed by atoms with Gasteiger partial charge < -0.3 is 5.32 Å². The summed E-state index contributed by atoms with van der Waals surface area (Å²) < 4.78 is 68.4. The number of anilines is 1. The molecule has 0 saturated heterocycles. The second-order valence-electron chi connectivity index (χ2n) is 6.86. The summed E-state index contributed by atoms with van der Waals surface area (Å²) in [7, 11) is 0. The molecule has 32 heavy (non-hydrogen) atoms. The minimum atomic E-state index is -4.71. The molecule has 3 aromatic carbocycles. The Morgan fingerprint density at radius 1 is 0.875 bits per heavy atom. The van der Waals surface area contributed by atoms with E-state index in [2.05, 4.69) is 5.32 Å². The van der Waals surface area contributed by atoms with Crippen LogP contribution in [0.4, 0.5) is 27.6 Å². The smallest absolute Gasteiger partial charge is 0.321 e. The number of carbonyl (C=O) groups excluding carboxylic acids is 1. The monoisotopic (exact) mass is 444 g/mol. The molecule has 1 amide bonds. The Morgan fingerprint density at radius 3 is 2.22 bits per heavy atom. The molecular formula is C23H13F5N2O2. The quantitative estimate of drug-likeness (QED) is 0.422. The van der Waals surface area contributed by atoms with Crippen molar-refractivity contribution in [3.63, 3.8) is 0 Å². The van der Waals surface area contributed by atoms with Crippen molar-refractivity contribution in [3.8, 4) is 5.69 Å². The Labute approximate surface area is 177 Å². The Kier molecular flexibility index (Phi) is 5.25. The third-order valence-corrected chi connectivity index (χ3v) is 4.82. The molecular weight excluding hydrogens is 431 g/mol. The molecule has 0 fully saturated rings. The highest BCUT2D eigenvalue weighted by Gasteiger charge is 2.33. The fourth-order valence-corrected chi connectivity index (χ4v) is 3.36. The number of aromatic nitrogens is 1. The van der Waals surface area contributed by atoms with E-state index in [0.29, 0.717) is 6.07 Å². The molecule has 0 aliphatic heterocycles. The second-order valence-corrected chi connectivity index (χ2v) is 6.86. The molecule has 0 bridgehead atoms. The van der Waals surface area contributed by atoms with E-state index in [9.17, 15) is 31.5 Å². The summed E-state index contributed by atoms with van der Waals surface area (Å²) in [5.41, 5.74) is -2.68. The summed E-state index contributed by atoms with van der Waals surface area (Å²) in [6.07, 6.45) is -3.69. The Bertz CT molecular complexity index is 1410. The number of hydrogen-bond acceptors (Lipinski definition) is 2. The third-order valence-electron chi connectivity index (χ3n) is 4.82. The second kappa shape index (κ2) is 7.92. The summed E-state index contributed by atoms with van der Waals surface area (Å²) in [6.45, 7) is 0. The largest absolute Gasteiger partial charge is 0.418 e. The van der Waals surface area contributed by atoms with Crippen LogP contribution >= 0.6 is 0 Å². The van der Waals surface area contributed by atoms with E-state index in [-0.39, 0.29) is 22.0 Å². The molecule has 1 heterocycles. The number of amides is 1. The Morgan fingerprint density at radius 2 is 1.53 bits per heavy atom. The topological polar surface area (TPSA) is 51.1 Å². The van der Waals surface area contributed by atoms with Crippen molar-refractivity contribution < 1.29 is 26.7 Å². The van der Waals surface area contributed by atoms with E-state index in [1.165, 1.54) is 30.3 Å². The van der Waals surface area contributed by atoms with Crippen LogP contribution < -0.4 is 10.9 Å². The van der Waals surface area contributed by atoms with E-state index >= 15 is 0 Å². The number of hydrogen-bond donors (Lipinski definition) is 1. The first-order chi connectivity index (χ1) is 15.2. The number of alkyl halides is 3. The van der Waals surface area contributed by atoms with Gasteiger partial charge in [-0.1, -0.05) is 30.3 Å². The first-order valence-electron chi connectivity index (χ1n) is 9.24. The minimum Gasteiger partial charge on any atom is -0.321 e. The summed E-state index contributed by atoms with van der Waals surface area (Å²) in [4.78, 5) is 25.9. The number of rotatable bonds is 3. The zero-order valence-electron chi connectivity index (χ0n) is 16.1. The van der Waals surface area contributed by atoms with Gasteiger partial charge in [-0.15, -0.1) is 0 Å². The van der Waals surface area contributed by atoms with Gasteiger partial charge in [-0.2, -0.15) is 13.2 Å². The lowest BCUT2D eigenvalue weighted by atomic mass is 10.1. The van der Waals surface area contributed by atoms with Gasteiger partial charge in [-0.25, -0.2) is 8.78 Å². The molecule has 1 aromatic heterocycles. The SMILES string of the molecule is O=C(Nc1ccccc1C(F)(F)F)c1cn(-c2ccc(F)cc2F)c(=O)c2ccccc12. The highest BCUT2D eigenvalue weighted by molar-refractivity contribution is 6.12. The van der Waals surface area contributed by atoms with Gasteiger partial charge in [0.2, 0.25) is 0 Å². The molecule has 0 saturated carbocycles. The standard InChI is InChI=1S/C23H13F5N2O2/c24-13-9-10-20(18(25)11-13)30-12-16(14-5-1-2-6-15(14)22(30)32)21(31)29-19-8-4-3-7-17(19)23(26,27)28/h1-12H,(H,29,31). The lowest BCUT2D eigenvalue weighted by molar-refractivity contribution is -0.136. The number of benzene rings is 3. The van der Waals surface area contributed by atoms with Crippen LogP contribution in [0.5, 0.6) is 0 Å².